The van der Waals surface area contributed by atoms with Gasteiger partial charge in [0, 0.05) is 28.9 Å². The number of nitro groups is 1. The predicted molar refractivity (Wildman–Crippen MR) is 97.1 cm³/mol. The molecule has 0 unspecified atom stereocenters. The number of nitro benzene ring substituents is 1. The number of hydrogen-bond acceptors (Lipinski definition) is 4. The highest BCUT2D eigenvalue weighted by atomic mass is 16.6. The van der Waals surface area contributed by atoms with Crippen molar-refractivity contribution in [3.05, 3.63) is 69.3 Å². The van der Waals surface area contributed by atoms with Gasteiger partial charge in [0.15, 0.2) is 0 Å². The highest BCUT2D eigenvalue weighted by molar-refractivity contribution is 6.05. The minimum atomic E-state index is -0.506. The summed E-state index contributed by atoms with van der Waals surface area (Å²) in [6.07, 6.45) is 2.40. The number of hydrogen-bond donors (Lipinski definition) is 2. The van der Waals surface area contributed by atoms with Crippen LogP contribution in [0.3, 0.4) is 0 Å². The van der Waals surface area contributed by atoms with Crippen molar-refractivity contribution in [2.45, 2.75) is 32.2 Å². The van der Waals surface area contributed by atoms with E-state index in [-0.39, 0.29) is 17.2 Å². The Morgan fingerprint density at radius 1 is 1.15 bits per heavy atom. The van der Waals surface area contributed by atoms with Crippen molar-refractivity contribution >= 4 is 23.2 Å². The van der Waals surface area contributed by atoms with E-state index in [0.29, 0.717) is 23.7 Å². The smallest absolute Gasteiger partial charge is 0.273 e. The van der Waals surface area contributed by atoms with Crippen LogP contribution in [0, 0.1) is 17.0 Å². The molecule has 0 saturated heterocycles. The Labute approximate surface area is 150 Å². The molecule has 1 aliphatic rings. The normalized spacial score (nSPS) is 13.1. The Bertz CT molecular complexity index is 858. The minimum Gasteiger partial charge on any atom is -0.353 e. The number of rotatable bonds is 6. The number of carbonyl (C=O) groups excluding carboxylic acids is 2. The van der Waals surface area contributed by atoms with Gasteiger partial charge in [0.05, 0.1) is 11.3 Å². The fourth-order valence-corrected chi connectivity index (χ4v) is 2.66. The summed E-state index contributed by atoms with van der Waals surface area (Å²) in [6.45, 7) is 1.55. The first kappa shape index (κ1) is 17.6. The second-order valence-electron chi connectivity index (χ2n) is 6.38. The van der Waals surface area contributed by atoms with Gasteiger partial charge in [-0.3, -0.25) is 19.7 Å². The molecular formula is C19H19N3O4. The van der Waals surface area contributed by atoms with Gasteiger partial charge in [-0.15, -0.1) is 0 Å². The first-order valence-corrected chi connectivity index (χ1v) is 8.37. The van der Waals surface area contributed by atoms with Crippen molar-refractivity contribution in [1.29, 1.82) is 0 Å². The summed E-state index contributed by atoms with van der Waals surface area (Å²) in [6, 6.07) is 11.7. The van der Waals surface area contributed by atoms with Gasteiger partial charge in [-0.1, -0.05) is 18.2 Å². The van der Waals surface area contributed by atoms with Crippen LogP contribution in [-0.4, -0.2) is 22.8 Å². The highest BCUT2D eigenvalue weighted by Crippen LogP contribution is 2.22. The lowest BCUT2D eigenvalue weighted by Crippen LogP contribution is -2.26. The molecule has 1 fully saturated rings. The summed E-state index contributed by atoms with van der Waals surface area (Å²) in [5, 5.41) is 16.6. The molecule has 0 spiro atoms. The van der Waals surface area contributed by atoms with Crippen molar-refractivity contribution in [2.24, 2.45) is 0 Å². The summed E-state index contributed by atoms with van der Waals surface area (Å²) < 4.78 is 0. The zero-order valence-electron chi connectivity index (χ0n) is 14.3. The van der Waals surface area contributed by atoms with Crippen molar-refractivity contribution in [1.82, 2.24) is 5.32 Å². The van der Waals surface area contributed by atoms with Gasteiger partial charge in [0.2, 0.25) is 5.91 Å². The summed E-state index contributed by atoms with van der Waals surface area (Å²) in [4.78, 5) is 34.7. The third-order valence-electron chi connectivity index (χ3n) is 4.27. The largest absolute Gasteiger partial charge is 0.353 e. The fourth-order valence-electron chi connectivity index (χ4n) is 2.66. The third kappa shape index (κ3) is 4.24. The Kier molecular flexibility index (Phi) is 4.97. The van der Waals surface area contributed by atoms with Gasteiger partial charge in [0.25, 0.3) is 11.6 Å². The zero-order chi connectivity index (χ0) is 18.7. The Balaban J connectivity index is 1.65. The monoisotopic (exact) mass is 353 g/mol. The van der Waals surface area contributed by atoms with Crippen LogP contribution in [-0.2, 0) is 11.2 Å². The Hall–Kier alpha value is -3.22. The maximum atomic E-state index is 12.4. The van der Waals surface area contributed by atoms with E-state index < -0.39 is 10.8 Å². The molecule has 2 amide bonds. The molecule has 0 aromatic heterocycles. The van der Waals surface area contributed by atoms with E-state index in [1.165, 1.54) is 12.1 Å². The van der Waals surface area contributed by atoms with Crippen molar-refractivity contribution in [3.63, 3.8) is 0 Å². The molecule has 0 radical (unpaired) electrons. The number of carbonyl (C=O) groups is 2. The average molecular weight is 353 g/mol. The third-order valence-corrected chi connectivity index (χ3v) is 4.27. The molecule has 2 aromatic rings. The minimum absolute atomic E-state index is 0.00324. The summed E-state index contributed by atoms with van der Waals surface area (Å²) in [5.41, 5.74) is 1.91. The van der Waals surface area contributed by atoms with E-state index in [1.54, 1.807) is 37.3 Å². The molecule has 1 saturated carbocycles. The molecule has 0 atom stereocenters. The molecule has 0 bridgehead atoms. The fraction of sp³-hybridized carbons (Fsp3) is 0.263. The lowest BCUT2D eigenvalue weighted by molar-refractivity contribution is -0.385. The van der Waals surface area contributed by atoms with E-state index >= 15 is 0 Å². The molecule has 1 aliphatic carbocycles. The van der Waals surface area contributed by atoms with Crippen molar-refractivity contribution < 1.29 is 14.5 Å². The second kappa shape index (κ2) is 7.35. The lowest BCUT2D eigenvalue weighted by atomic mass is 10.1. The maximum absolute atomic E-state index is 12.4. The van der Waals surface area contributed by atoms with Crippen LogP contribution >= 0.6 is 0 Å². The first-order chi connectivity index (χ1) is 12.4. The second-order valence-corrected chi connectivity index (χ2v) is 6.38. The molecule has 134 valence electrons. The van der Waals surface area contributed by atoms with Gasteiger partial charge >= 0.3 is 0 Å². The van der Waals surface area contributed by atoms with Gasteiger partial charge in [0.1, 0.15) is 0 Å². The number of amides is 2. The Morgan fingerprint density at radius 3 is 2.46 bits per heavy atom. The van der Waals surface area contributed by atoms with Gasteiger partial charge in [-0.05, 0) is 43.5 Å². The van der Waals surface area contributed by atoms with E-state index in [9.17, 15) is 19.7 Å². The van der Waals surface area contributed by atoms with E-state index in [4.69, 9.17) is 0 Å². The van der Waals surface area contributed by atoms with Crippen LogP contribution in [0.1, 0.15) is 34.3 Å². The molecule has 7 nitrogen and oxygen atoms in total. The van der Waals surface area contributed by atoms with Crippen LogP contribution in [0.4, 0.5) is 11.4 Å². The summed E-state index contributed by atoms with van der Waals surface area (Å²) in [5.74, 6) is -0.415. The molecule has 3 rings (SSSR count). The molecule has 26 heavy (non-hydrogen) atoms. The molecular weight excluding hydrogens is 334 g/mol. The number of nitrogens with one attached hydrogen (secondary N) is 2. The summed E-state index contributed by atoms with van der Waals surface area (Å²) in [7, 11) is 0. The molecule has 0 aliphatic heterocycles. The molecule has 2 aromatic carbocycles. The van der Waals surface area contributed by atoms with Crippen molar-refractivity contribution in [3.8, 4) is 0 Å². The van der Waals surface area contributed by atoms with Crippen LogP contribution in [0.5, 0.6) is 0 Å². The van der Waals surface area contributed by atoms with Crippen molar-refractivity contribution in [2.75, 3.05) is 5.32 Å². The maximum Gasteiger partial charge on any atom is 0.273 e. The number of nitrogens with zero attached hydrogens (tertiary/aromatic N) is 1. The SMILES string of the molecule is Cc1c(C(=O)Nc2ccc(CC(=O)NC3CC3)cc2)cccc1[N+](=O)[O-]. The molecule has 7 heteroatoms. The van der Waals surface area contributed by atoms with Gasteiger partial charge in [-0.2, -0.15) is 0 Å². The zero-order valence-corrected chi connectivity index (χ0v) is 14.3. The van der Waals surface area contributed by atoms with Crippen LogP contribution < -0.4 is 10.6 Å². The van der Waals surface area contributed by atoms with Crippen LogP contribution in [0.15, 0.2) is 42.5 Å². The standard InChI is InChI=1S/C19H19N3O4/c1-12-16(3-2-4-17(12)22(25)26)19(24)21-15-7-5-13(6-8-15)11-18(23)20-14-9-10-14/h2-8,14H,9-11H2,1H3,(H,20,23)(H,21,24). The number of anilines is 1. The number of benzene rings is 2. The lowest BCUT2D eigenvalue weighted by Gasteiger charge is -2.09. The first-order valence-electron chi connectivity index (χ1n) is 8.37. The van der Waals surface area contributed by atoms with Crippen LogP contribution in [0.2, 0.25) is 0 Å². The van der Waals surface area contributed by atoms with Gasteiger partial charge < -0.3 is 10.6 Å². The van der Waals surface area contributed by atoms with Gasteiger partial charge in [-0.25, -0.2) is 0 Å². The summed E-state index contributed by atoms with van der Waals surface area (Å²) >= 11 is 0. The van der Waals surface area contributed by atoms with E-state index in [0.717, 1.165) is 18.4 Å². The predicted octanol–water partition coefficient (Wildman–Crippen LogP) is 2.98. The van der Waals surface area contributed by atoms with Crippen LogP contribution in [0.25, 0.3) is 0 Å². The van der Waals surface area contributed by atoms with E-state index in [1.807, 2.05) is 0 Å². The molecule has 2 N–H and O–H groups in total. The van der Waals surface area contributed by atoms with E-state index in [2.05, 4.69) is 10.6 Å². The Morgan fingerprint density at radius 2 is 1.85 bits per heavy atom. The molecule has 0 heterocycles. The topological polar surface area (TPSA) is 101 Å². The quantitative estimate of drug-likeness (QED) is 0.616. The highest BCUT2D eigenvalue weighted by Gasteiger charge is 2.23. The average Bonchev–Trinajstić information content (AvgIpc) is 3.40.